The molecule has 0 spiro atoms. The largest absolute Gasteiger partial charge is 0.469 e. The van der Waals surface area contributed by atoms with Crippen molar-refractivity contribution < 1.29 is 9.53 Å². The van der Waals surface area contributed by atoms with Crippen molar-refractivity contribution in [2.45, 2.75) is 44.6 Å². The molecule has 0 radical (unpaired) electrons. The van der Waals surface area contributed by atoms with E-state index in [9.17, 15) is 4.79 Å². The number of methoxy groups -OCH3 is 1. The van der Waals surface area contributed by atoms with Gasteiger partial charge >= 0.3 is 5.97 Å². The van der Waals surface area contributed by atoms with Crippen LogP contribution >= 0.6 is 0 Å². The fraction of sp³-hybridized carbons (Fsp3) is 0.833. The molecule has 1 atom stereocenters. The monoisotopic (exact) mass is 222 g/mol. The van der Waals surface area contributed by atoms with E-state index in [1.807, 2.05) is 0 Å². The lowest BCUT2D eigenvalue weighted by atomic mass is 9.52. The third kappa shape index (κ3) is 1.42. The van der Waals surface area contributed by atoms with Crippen LogP contribution in [0.25, 0.3) is 0 Å². The molecule has 16 heavy (non-hydrogen) atoms. The highest BCUT2D eigenvalue weighted by Gasteiger charge is 2.55. The topological polar surface area (TPSA) is 76.1 Å². The second kappa shape index (κ2) is 3.74. The van der Waals surface area contributed by atoms with E-state index in [0.29, 0.717) is 0 Å². The van der Waals surface area contributed by atoms with Crippen molar-refractivity contribution >= 4 is 5.97 Å². The van der Waals surface area contributed by atoms with Crippen LogP contribution in [0.3, 0.4) is 0 Å². The fourth-order valence-corrected chi connectivity index (χ4v) is 3.34. The first kappa shape index (κ1) is 11.4. The first-order valence-electron chi connectivity index (χ1n) is 5.82. The van der Waals surface area contributed by atoms with Crippen LogP contribution in [-0.2, 0) is 9.53 Å². The first-order chi connectivity index (χ1) is 7.58. The van der Waals surface area contributed by atoms with E-state index < -0.39 is 0 Å². The van der Waals surface area contributed by atoms with Gasteiger partial charge in [-0.3, -0.25) is 4.79 Å². The highest BCUT2D eigenvalue weighted by atomic mass is 16.5. The van der Waals surface area contributed by atoms with Crippen molar-refractivity contribution in [3.05, 3.63) is 0 Å². The van der Waals surface area contributed by atoms with Crippen molar-refractivity contribution in [3.8, 4) is 6.07 Å². The van der Waals surface area contributed by atoms with Gasteiger partial charge in [0.05, 0.1) is 24.6 Å². The third-order valence-corrected chi connectivity index (χ3v) is 4.72. The van der Waals surface area contributed by atoms with E-state index in [4.69, 9.17) is 15.7 Å². The normalized spacial score (nSPS) is 38.8. The van der Waals surface area contributed by atoms with Gasteiger partial charge in [0, 0.05) is 0 Å². The van der Waals surface area contributed by atoms with Crippen LogP contribution in [-0.4, -0.2) is 19.1 Å². The van der Waals surface area contributed by atoms with Crippen LogP contribution in [0.2, 0.25) is 0 Å². The number of nitrogens with zero attached hydrogens (tertiary/aromatic N) is 1. The molecule has 0 amide bonds. The Morgan fingerprint density at radius 1 is 1.31 bits per heavy atom. The predicted octanol–water partition coefficient (Wildman–Crippen LogP) is 1.35. The van der Waals surface area contributed by atoms with Crippen LogP contribution in [0.4, 0.5) is 0 Å². The van der Waals surface area contributed by atoms with Crippen LogP contribution in [0.15, 0.2) is 0 Å². The van der Waals surface area contributed by atoms with Gasteiger partial charge in [0.25, 0.3) is 0 Å². The van der Waals surface area contributed by atoms with E-state index >= 15 is 0 Å². The Morgan fingerprint density at radius 3 is 2.19 bits per heavy atom. The van der Waals surface area contributed by atoms with Crippen LogP contribution in [0.5, 0.6) is 0 Å². The molecule has 3 saturated carbocycles. The maximum absolute atomic E-state index is 11.8. The second-order valence-electron chi connectivity index (χ2n) is 5.24. The summed E-state index contributed by atoms with van der Waals surface area (Å²) in [5.74, 6) is -0.0775. The van der Waals surface area contributed by atoms with Gasteiger partial charge in [0.2, 0.25) is 0 Å². The summed E-state index contributed by atoms with van der Waals surface area (Å²) < 4.78 is 4.89. The van der Waals surface area contributed by atoms with E-state index in [1.165, 1.54) is 7.11 Å². The summed E-state index contributed by atoms with van der Waals surface area (Å²) in [6.45, 7) is 0. The average molecular weight is 222 g/mol. The maximum atomic E-state index is 11.8. The number of carbonyl (C=O) groups is 1. The summed E-state index contributed by atoms with van der Waals surface area (Å²) in [6.07, 6.45) is 5.14. The molecular weight excluding hydrogens is 204 g/mol. The molecule has 0 saturated heterocycles. The van der Waals surface area contributed by atoms with Crippen molar-refractivity contribution in [2.75, 3.05) is 7.11 Å². The Kier molecular flexibility index (Phi) is 2.67. The Bertz CT molecular complexity index is 321. The average Bonchev–Trinajstić information content (AvgIpc) is 2.38. The van der Waals surface area contributed by atoms with Crippen molar-refractivity contribution in [1.82, 2.24) is 0 Å². The van der Waals surface area contributed by atoms with E-state index in [-0.39, 0.29) is 22.8 Å². The predicted molar refractivity (Wildman–Crippen MR) is 58.2 cm³/mol. The summed E-state index contributed by atoms with van der Waals surface area (Å²) in [5, 5.41) is 8.95. The molecule has 2 N–H and O–H groups in total. The number of esters is 1. The number of nitrogens with two attached hydrogens (primary N) is 1. The Labute approximate surface area is 95.7 Å². The molecule has 0 aromatic carbocycles. The molecule has 1 unspecified atom stereocenters. The number of carbonyl (C=O) groups excluding carboxylic acids is 1. The highest BCUT2D eigenvalue weighted by Crippen LogP contribution is 2.58. The molecule has 4 heteroatoms. The van der Waals surface area contributed by atoms with Gasteiger partial charge in [-0.15, -0.1) is 0 Å². The molecule has 2 bridgehead atoms. The number of rotatable bonds is 2. The van der Waals surface area contributed by atoms with E-state index in [2.05, 4.69) is 6.07 Å². The molecule has 88 valence electrons. The van der Waals surface area contributed by atoms with E-state index in [0.717, 1.165) is 38.5 Å². The zero-order valence-electron chi connectivity index (χ0n) is 9.66. The Balaban J connectivity index is 2.15. The maximum Gasteiger partial charge on any atom is 0.311 e. The first-order valence-corrected chi connectivity index (χ1v) is 5.82. The molecule has 3 fully saturated rings. The van der Waals surface area contributed by atoms with Gasteiger partial charge in [-0.1, -0.05) is 0 Å². The third-order valence-electron chi connectivity index (χ3n) is 4.72. The Morgan fingerprint density at radius 2 is 1.81 bits per heavy atom. The zero-order valence-corrected chi connectivity index (χ0v) is 9.66. The van der Waals surface area contributed by atoms with Gasteiger partial charge in [0.1, 0.15) is 0 Å². The molecule has 4 nitrogen and oxygen atoms in total. The fourth-order valence-electron chi connectivity index (χ4n) is 3.34. The van der Waals surface area contributed by atoms with Crippen molar-refractivity contribution in [2.24, 2.45) is 16.6 Å². The molecule has 3 aliphatic carbocycles. The Hall–Kier alpha value is -1.08. The zero-order chi connectivity index (χ0) is 11.8. The van der Waals surface area contributed by atoms with E-state index in [1.54, 1.807) is 0 Å². The standard InChI is InChI=1S/C12H18N2O2/c1-16-10(15)12-5-2-11(3-6-12,4-7-12)9(14)8-13/h9H,2-7,14H2,1H3. The summed E-state index contributed by atoms with van der Waals surface area (Å²) in [5.41, 5.74) is 5.58. The molecule has 0 heterocycles. The summed E-state index contributed by atoms with van der Waals surface area (Å²) in [6, 6.07) is 1.78. The molecule has 0 aliphatic heterocycles. The lowest BCUT2D eigenvalue weighted by molar-refractivity contribution is -0.163. The van der Waals surface area contributed by atoms with Crippen LogP contribution in [0, 0.1) is 22.2 Å². The lowest BCUT2D eigenvalue weighted by Gasteiger charge is -2.52. The minimum atomic E-state index is -0.386. The smallest absolute Gasteiger partial charge is 0.311 e. The number of ether oxygens (including phenoxy) is 1. The molecule has 0 aromatic rings. The molecule has 3 aliphatic rings. The van der Waals surface area contributed by atoms with Gasteiger partial charge in [-0.05, 0) is 43.9 Å². The molecule has 3 rings (SSSR count). The minimum Gasteiger partial charge on any atom is -0.469 e. The van der Waals surface area contributed by atoms with Crippen molar-refractivity contribution in [3.63, 3.8) is 0 Å². The molecular formula is C12H18N2O2. The van der Waals surface area contributed by atoms with Crippen molar-refractivity contribution in [1.29, 1.82) is 5.26 Å². The number of hydrogen-bond acceptors (Lipinski definition) is 4. The van der Waals surface area contributed by atoms with Gasteiger partial charge in [-0.25, -0.2) is 0 Å². The van der Waals surface area contributed by atoms with Crippen LogP contribution in [0.1, 0.15) is 38.5 Å². The highest BCUT2D eigenvalue weighted by molar-refractivity contribution is 5.77. The quantitative estimate of drug-likeness (QED) is 0.715. The SMILES string of the molecule is COC(=O)C12CCC(C(N)C#N)(CC1)CC2. The minimum absolute atomic E-state index is 0.0372. The number of fused-ring (bicyclic) bond motifs is 3. The lowest BCUT2D eigenvalue weighted by Crippen LogP contribution is -2.53. The van der Waals surface area contributed by atoms with Gasteiger partial charge < -0.3 is 10.5 Å². The second-order valence-corrected chi connectivity index (χ2v) is 5.24. The number of hydrogen-bond donors (Lipinski definition) is 1. The summed E-state index contributed by atoms with van der Waals surface area (Å²) >= 11 is 0. The van der Waals surface area contributed by atoms with Gasteiger partial charge in [0.15, 0.2) is 0 Å². The summed E-state index contributed by atoms with van der Waals surface area (Å²) in [4.78, 5) is 11.8. The molecule has 0 aromatic heterocycles. The van der Waals surface area contributed by atoms with Gasteiger partial charge in [-0.2, -0.15) is 5.26 Å². The number of nitriles is 1. The van der Waals surface area contributed by atoms with Crippen LogP contribution < -0.4 is 5.73 Å². The summed E-state index contributed by atoms with van der Waals surface area (Å²) in [7, 11) is 1.45.